The Bertz CT molecular complexity index is 510. The van der Waals surface area contributed by atoms with Gasteiger partial charge in [0.1, 0.15) is 11.9 Å². The van der Waals surface area contributed by atoms with E-state index in [0.717, 1.165) is 5.56 Å². The number of ether oxygens (including phenoxy) is 2. The number of nitrogens with zero attached hydrogens (tertiary/aromatic N) is 1. The van der Waals surface area contributed by atoms with Gasteiger partial charge in [-0.15, -0.1) is 0 Å². The number of halogens is 1. The fourth-order valence-electron chi connectivity index (χ4n) is 1.40. The minimum Gasteiger partial charge on any atom is -0.495 e. The van der Waals surface area contributed by atoms with E-state index in [1.165, 1.54) is 6.20 Å². The Kier molecular flexibility index (Phi) is 3.54. The maximum absolute atomic E-state index is 6.02. The highest BCUT2D eigenvalue weighted by atomic mass is 35.5. The van der Waals surface area contributed by atoms with Gasteiger partial charge in [0.05, 0.1) is 18.7 Å². The molecule has 0 unspecified atom stereocenters. The fraction of sp³-hybridized carbons (Fsp3) is 0.250. The Labute approximate surface area is 104 Å². The molecule has 0 spiro atoms. The molecule has 0 saturated heterocycles. The van der Waals surface area contributed by atoms with E-state index in [2.05, 4.69) is 4.98 Å². The second-order valence-electron chi connectivity index (χ2n) is 3.27. The molecule has 0 bridgehead atoms. The SMILES string of the molecule is CCOc1cnc(-c2ccc(OC)c(Cl)c2)o1. The van der Waals surface area contributed by atoms with Gasteiger partial charge in [0.15, 0.2) is 0 Å². The van der Waals surface area contributed by atoms with Crippen LogP contribution in [-0.4, -0.2) is 18.7 Å². The summed E-state index contributed by atoms with van der Waals surface area (Å²) in [6.07, 6.45) is 1.54. The van der Waals surface area contributed by atoms with Crippen molar-refractivity contribution in [3.05, 3.63) is 29.4 Å². The van der Waals surface area contributed by atoms with Crippen LogP contribution in [0.15, 0.2) is 28.8 Å². The van der Waals surface area contributed by atoms with E-state index in [1.807, 2.05) is 13.0 Å². The third-order valence-electron chi connectivity index (χ3n) is 2.17. The molecule has 90 valence electrons. The maximum Gasteiger partial charge on any atom is 0.305 e. The lowest BCUT2D eigenvalue weighted by Crippen LogP contribution is -1.88. The molecule has 2 rings (SSSR count). The molecule has 0 radical (unpaired) electrons. The summed E-state index contributed by atoms with van der Waals surface area (Å²) < 4.78 is 15.7. The highest BCUT2D eigenvalue weighted by Crippen LogP contribution is 2.30. The fourth-order valence-corrected chi connectivity index (χ4v) is 1.66. The van der Waals surface area contributed by atoms with E-state index in [-0.39, 0.29) is 0 Å². The zero-order valence-electron chi connectivity index (χ0n) is 9.57. The van der Waals surface area contributed by atoms with Crippen molar-refractivity contribution in [2.24, 2.45) is 0 Å². The third-order valence-corrected chi connectivity index (χ3v) is 2.47. The lowest BCUT2D eigenvalue weighted by atomic mass is 10.2. The van der Waals surface area contributed by atoms with Crippen molar-refractivity contribution < 1.29 is 13.9 Å². The summed E-state index contributed by atoms with van der Waals surface area (Å²) in [6.45, 7) is 2.42. The molecular formula is C12H12ClNO3. The molecule has 0 aliphatic rings. The Morgan fingerprint density at radius 2 is 2.24 bits per heavy atom. The zero-order chi connectivity index (χ0) is 12.3. The van der Waals surface area contributed by atoms with Crippen LogP contribution in [0.1, 0.15) is 6.92 Å². The number of rotatable bonds is 4. The van der Waals surface area contributed by atoms with Gasteiger partial charge in [-0.05, 0) is 25.1 Å². The van der Waals surface area contributed by atoms with Gasteiger partial charge in [-0.25, -0.2) is 4.98 Å². The summed E-state index contributed by atoms with van der Waals surface area (Å²) in [5, 5.41) is 0.515. The second-order valence-corrected chi connectivity index (χ2v) is 3.67. The smallest absolute Gasteiger partial charge is 0.305 e. The Morgan fingerprint density at radius 3 is 2.88 bits per heavy atom. The van der Waals surface area contributed by atoms with E-state index < -0.39 is 0 Å². The number of hydrogen-bond acceptors (Lipinski definition) is 4. The van der Waals surface area contributed by atoms with Crippen LogP contribution in [0, 0.1) is 0 Å². The lowest BCUT2D eigenvalue weighted by Gasteiger charge is -2.03. The van der Waals surface area contributed by atoms with Crippen molar-refractivity contribution >= 4 is 11.6 Å². The molecule has 0 fully saturated rings. The Balaban J connectivity index is 2.29. The van der Waals surface area contributed by atoms with Gasteiger partial charge in [-0.3, -0.25) is 0 Å². The molecule has 0 saturated carbocycles. The summed E-state index contributed by atoms with van der Waals surface area (Å²) in [5.74, 6) is 1.49. The summed E-state index contributed by atoms with van der Waals surface area (Å²) >= 11 is 6.02. The standard InChI is InChI=1S/C12H12ClNO3/c1-3-16-11-7-14-12(17-11)8-4-5-10(15-2)9(13)6-8/h4-7H,3H2,1-2H3. The van der Waals surface area contributed by atoms with E-state index in [4.69, 9.17) is 25.5 Å². The molecule has 4 nitrogen and oxygen atoms in total. The largest absolute Gasteiger partial charge is 0.495 e. The molecule has 1 aromatic carbocycles. The number of hydrogen-bond donors (Lipinski definition) is 0. The van der Waals surface area contributed by atoms with Crippen LogP contribution in [0.25, 0.3) is 11.5 Å². The summed E-state index contributed by atoms with van der Waals surface area (Å²) in [6, 6.07) is 5.33. The normalized spacial score (nSPS) is 10.3. The highest BCUT2D eigenvalue weighted by Gasteiger charge is 2.09. The van der Waals surface area contributed by atoms with Crippen molar-refractivity contribution in [2.75, 3.05) is 13.7 Å². The van der Waals surface area contributed by atoms with E-state index >= 15 is 0 Å². The van der Waals surface area contributed by atoms with Crippen molar-refractivity contribution in [3.8, 4) is 23.1 Å². The van der Waals surface area contributed by atoms with Crippen LogP contribution >= 0.6 is 11.6 Å². The topological polar surface area (TPSA) is 44.5 Å². The average Bonchev–Trinajstić information content (AvgIpc) is 2.78. The molecule has 0 aliphatic carbocycles. The van der Waals surface area contributed by atoms with Crippen molar-refractivity contribution in [1.82, 2.24) is 4.98 Å². The highest BCUT2D eigenvalue weighted by molar-refractivity contribution is 6.32. The van der Waals surface area contributed by atoms with Crippen LogP contribution in [-0.2, 0) is 0 Å². The molecule has 0 aliphatic heterocycles. The van der Waals surface area contributed by atoms with Gasteiger partial charge in [-0.1, -0.05) is 11.6 Å². The Hall–Kier alpha value is -1.68. The van der Waals surface area contributed by atoms with Crippen LogP contribution in [0.5, 0.6) is 11.7 Å². The number of aromatic nitrogens is 1. The van der Waals surface area contributed by atoms with E-state index in [0.29, 0.717) is 29.2 Å². The van der Waals surface area contributed by atoms with E-state index in [9.17, 15) is 0 Å². The third kappa shape index (κ3) is 2.53. The molecule has 5 heteroatoms. The van der Waals surface area contributed by atoms with Crippen LogP contribution in [0.2, 0.25) is 5.02 Å². The van der Waals surface area contributed by atoms with Crippen molar-refractivity contribution in [2.45, 2.75) is 6.92 Å². The van der Waals surface area contributed by atoms with Crippen LogP contribution < -0.4 is 9.47 Å². The van der Waals surface area contributed by atoms with Crippen molar-refractivity contribution in [1.29, 1.82) is 0 Å². The van der Waals surface area contributed by atoms with Gasteiger partial charge < -0.3 is 13.9 Å². The molecular weight excluding hydrogens is 242 g/mol. The first-order valence-electron chi connectivity index (χ1n) is 5.17. The number of methoxy groups -OCH3 is 1. The van der Waals surface area contributed by atoms with Crippen LogP contribution in [0.3, 0.4) is 0 Å². The zero-order valence-corrected chi connectivity index (χ0v) is 10.3. The van der Waals surface area contributed by atoms with Gasteiger partial charge in [0, 0.05) is 5.56 Å². The average molecular weight is 254 g/mol. The molecule has 0 atom stereocenters. The van der Waals surface area contributed by atoms with Gasteiger partial charge in [-0.2, -0.15) is 0 Å². The van der Waals surface area contributed by atoms with Crippen LogP contribution in [0.4, 0.5) is 0 Å². The monoisotopic (exact) mass is 253 g/mol. The summed E-state index contributed by atoms with van der Waals surface area (Å²) in [7, 11) is 1.57. The number of oxazole rings is 1. The van der Waals surface area contributed by atoms with Gasteiger partial charge in [0.2, 0.25) is 5.89 Å². The summed E-state index contributed by atoms with van der Waals surface area (Å²) in [4.78, 5) is 4.11. The second kappa shape index (κ2) is 5.10. The molecule has 1 heterocycles. The van der Waals surface area contributed by atoms with Gasteiger partial charge >= 0.3 is 5.95 Å². The van der Waals surface area contributed by atoms with Gasteiger partial charge in [0.25, 0.3) is 0 Å². The molecule has 0 amide bonds. The first kappa shape index (κ1) is 11.8. The number of benzene rings is 1. The quantitative estimate of drug-likeness (QED) is 0.838. The maximum atomic E-state index is 6.02. The minimum atomic E-state index is 0.398. The minimum absolute atomic E-state index is 0.398. The predicted octanol–water partition coefficient (Wildman–Crippen LogP) is 3.40. The summed E-state index contributed by atoms with van der Waals surface area (Å²) in [5.41, 5.74) is 0.779. The molecule has 0 N–H and O–H groups in total. The molecule has 2 aromatic rings. The van der Waals surface area contributed by atoms with Crippen molar-refractivity contribution in [3.63, 3.8) is 0 Å². The first-order valence-corrected chi connectivity index (χ1v) is 5.55. The molecule has 17 heavy (non-hydrogen) atoms. The Morgan fingerprint density at radius 1 is 1.41 bits per heavy atom. The van der Waals surface area contributed by atoms with E-state index in [1.54, 1.807) is 19.2 Å². The predicted molar refractivity (Wildman–Crippen MR) is 64.7 cm³/mol. The first-order chi connectivity index (χ1) is 8.24. The lowest BCUT2D eigenvalue weighted by molar-refractivity contribution is 0.260. The molecule has 1 aromatic heterocycles.